The molecule has 3 aromatic carbocycles. The predicted molar refractivity (Wildman–Crippen MR) is 120 cm³/mol. The molecule has 0 aliphatic rings. The van der Waals surface area contributed by atoms with Gasteiger partial charge in [0.2, 0.25) is 5.78 Å². The molecule has 3 nitrogen and oxygen atoms in total. The van der Waals surface area contributed by atoms with Gasteiger partial charge in [-0.3, -0.25) is 9.59 Å². The van der Waals surface area contributed by atoms with Crippen LogP contribution in [-0.2, 0) is 9.53 Å². The number of halogens is 1. The second-order valence-corrected chi connectivity index (χ2v) is 8.54. The van der Waals surface area contributed by atoms with E-state index in [2.05, 4.69) is 15.9 Å². The molecule has 0 spiro atoms. The molecule has 3 rings (SSSR count). The lowest BCUT2D eigenvalue weighted by Gasteiger charge is -2.17. The normalized spacial score (nSPS) is 11.7. The van der Waals surface area contributed by atoms with Crippen LogP contribution in [0.15, 0.2) is 82.2 Å². The van der Waals surface area contributed by atoms with E-state index in [9.17, 15) is 9.59 Å². The van der Waals surface area contributed by atoms with Gasteiger partial charge in [-0.05, 0) is 37.1 Å². The number of carbonyl (C=O) groups excluding carboxylic acids is 2. The van der Waals surface area contributed by atoms with Crippen molar-refractivity contribution in [3.63, 3.8) is 0 Å². The largest absolute Gasteiger partial charge is 0.448 e. The lowest BCUT2D eigenvalue weighted by atomic mass is 10.00. The number of carbonyl (C=O) groups is 2. The van der Waals surface area contributed by atoms with Crippen molar-refractivity contribution >= 4 is 39.4 Å². The van der Waals surface area contributed by atoms with E-state index in [1.54, 1.807) is 36.4 Å². The number of hydrogen-bond donors (Lipinski definition) is 0. The van der Waals surface area contributed by atoms with Crippen LogP contribution in [-0.4, -0.2) is 17.5 Å². The molecule has 0 amide bonds. The van der Waals surface area contributed by atoms with Gasteiger partial charge in [0.25, 0.3) is 0 Å². The van der Waals surface area contributed by atoms with E-state index in [0.717, 1.165) is 20.5 Å². The van der Waals surface area contributed by atoms with Crippen molar-refractivity contribution in [2.24, 2.45) is 0 Å². The van der Waals surface area contributed by atoms with Gasteiger partial charge in [-0.25, -0.2) is 0 Å². The molecule has 0 fully saturated rings. The second-order valence-electron chi connectivity index (χ2n) is 6.67. The molecule has 0 aliphatic carbocycles. The fourth-order valence-corrected chi connectivity index (χ4v) is 4.21. The monoisotopic (exact) mass is 468 g/mol. The summed E-state index contributed by atoms with van der Waals surface area (Å²) in [6, 6.07) is 22.1. The van der Waals surface area contributed by atoms with E-state index in [-0.39, 0.29) is 11.5 Å². The Labute approximate surface area is 183 Å². The topological polar surface area (TPSA) is 43.4 Å². The molecule has 29 heavy (non-hydrogen) atoms. The molecule has 0 saturated carbocycles. The third kappa shape index (κ3) is 5.58. The second kappa shape index (κ2) is 9.90. The summed E-state index contributed by atoms with van der Waals surface area (Å²) in [4.78, 5) is 26.6. The van der Waals surface area contributed by atoms with Gasteiger partial charge in [0.1, 0.15) is 0 Å². The maximum absolute atomic E-state index is 13.0. The van der Waals surface area contributed by atoms with Crippen LogP contribution >= 0.6 is 27.7 Å². The Balaban J connectivity index is 1.75. The highest BCUT2D eigenvalue weighted by Crippen LogP contribution is 2.29. The van der Waals surface area contributed by atoms with Crippen LogP contribution < -0.4 is 0 Å². The highest BCUT2D eigenvalue weighted by Gasteiger charge is 2.26. The zero-order chi connectivity index (χ0) is 20.8. The molecule has 0 N–H and O–H groups in total. The van der Waals surface area contributed by atoms with Crippen LogP contribution in [0.3, 0.4) is 0 Å². The van der Waals surface area contributed by atoms with Crippen molar-refractivity contribution in [2.75, 3.05) is 5.75 Å². The van der Waals surface area contributed by atoms with Crippen LogP contribution in [0, 0.1) is 13.8 Å². The van der Waals surface area contributed by atoms with Gasteiger partial charge in [-0.2, -0.15) is 0 Å². The number of benzene rings is 3. The molecular weight excluding hydrogens is 448 g/mol. The summed E-state index contributed by atoms with van der Waals surface area (Å²) in [6.45, 7) is 4.01. The molecule has 5 heteroatoms. The molecule has 1 atom stereocenters. The standard InChI is InChI=1S/C24H21BrO3S/c1-16-14-21(17(2)13-20(16)25)29-15-22(26)28-24(19-11-7-4-8-12-19)23(27)18-9-5-3-6-10-18/h3-14,24H,15H2,1-2H3. The van der Waals surface area contributed by atoms with E-state index in [1.807, 2.05) is 50.2 Å². The first kappa shape index (κ1) is 21.3. The van der Waals surface area contributed by atoms with Crippen molar-refractivity contribution in [1.29, 1.82) is 0 Å². The van der Waals surface area contributed by atoms with E-state index >= 15 is 0 Å². The quantitative estimate of drug-likeness (QED) is 0.231. The number of aryl methyl sites for hydroxylation is 2. The third-order valence-electron chi connectivity index (χ3n) is 4.45. The number of thioether (sulfide) groups is 1. The number of ether oxygens (including phenoxy) is 1. The number of Topliss-reactive ketones (excluding diaryl/α,β-unsaturated/α-hetero) is 1. The highest BCUT2D eigenvalue weighted by atomic mass is 79.9. The van der Waals surface area contributed by atoms with Gasteiger partial charge in [0.15, 0.2) is 6.10 Å². The van der Waals surface area contributed by atoms with Crippen LogP contribution in [0.4, 0.5) is 0 Å². The Hall–Kier alpha value is -2.37. The number of hydrogen-bond acceptors (Lipinski definition) is 4. The van der Waals surface area contributed by atoms with Gasteiger partial charge in [-0.1, -0.05) is 76.6 Å². The molecule has 0 heterocycles. The molecule has 0 bridgehead atoms. The first-order valence-corrected chi connectivity index (χ1v) is 11.0. The minimum Gasteiger partial charge on any atom is -0.448 e. The zero-order valence-electron chi connectivity index (χ0n) is 16.2. The SMILES string of the molecule is Cc1cc(SCC(=O)OC(C(=O)c2ccccc2)c2ccccc2)c(C)cc1Br. The Morgan fingerprint density at radius 3 is 2.21 bits per heavy atom. The summed E-state index contributed by atoms with van der Waals surface area (Å²) in [5.41, 5.74) is 3.37. The van der Waals surface area contributed by atoms with Crippen LogP contribution in [0.1, 0.15) is 33.2 Å². The molecule has 0 aromatic heterocycles. The Bertz CT molecular complexity index is 1000. The maximum Gasteiger partial charge on any atom is 0.317 e. The zero-order valence-corrected chi connectivity index (χ0v) is 18.6. The molecule has 3 aromatic rings. The van der Waals surface area contributed by atoms with E-state index in [1.165, 1.54) is 11.8 Å². The highest BCUT2D eigenvalue weighted by molar-refractivity contribution is 9.10. The molecular formula is C24H21BrO3S. The minimum atomic E-state index is -0.959. The Morgan fingerprint density at radius 1 is 0.931 bits per heavy atom. The summed E-state index contributed by atoms with van der Waals surface area (Å²) >= 11 is 4.93. The Kier molecular flexibility index (Phi) is 7.29. The summed E-state index contributed by atoms with van der Waals surface area (Å²) in [6.07, 6.45) is -0.959. The van der Waals surface area contributed by atoms with Crippen molar-refractivity contribution < 1.29 is 14.3 Å². The van der Waals surface area contributed by atoms with E-state index < -0.39 is 12.1 Å². The third-order valence-corrected chi connectivity index (χ3v) is 6.43. The number of esters is 1. The molecule has 0 aliphatic heterocycles. The van der Waals surface area contributed by atoms with Gasteiger partial charge in [0.05, 0.1) is 5.75 Å². The van der Waals surface area contributed by atoms with E-state index in [4.69, 9.17) is 4.74 Å². The summed E-state index contributed by atoms with van der Waals surface area (Å²) in [7, 11) is 0. The summed E-state index contributed by atoms with van der Waals surface area (Å²) < 4.78 is 6.69. The fourth-order valence-electron chi connectivity index (χ4n) is 2.87. The maximum atomic E-state index is 13.0. The smallest absolute Gasteiger partial charge is 0.317 e. The van der Waals surface area contributed by atoms with Gasteiger partial charge in [0, 0.05) is 20.5 Å². The molecule has 0 radical (unpaired) electrons. The van der Waals surface area contributed by atoms with E-state index in [0.29, 0.717) is 11.1 Å². The van der Waals surface area contributed by atoms with Gasteiger partial charge in [-0.15, -0.1) is 11.8 Å². The molecule has 148 valence electrons. The summed E-state index contributed by atoms with van der Waals surface area (Å²) in [5.74, 6) is -0.522. The number of rotatable bonds is 7. The summed E-state index contributed by atoms with van der Waals surface area (Å²) in [5, 5.41) is 0. The van der Waals surface area contributed by atoms with Gasteiger partial charge < -0.3 is 4.74 Å². The Morgan fingerprint density at radius 2 is 1.55 bits per heavy atom. The van der Waals surface area contributed by atoms with Crippen LogP contribution in [0.25, 0.3) is 0 Å². The lowest BCUT2D eigenvalue weighted by Crippen LogP contribution is -2.21. The fraction of sp³-hybridized carbons (Fsp3) is 0.167. The van der Waals surface area contributed by atoms with Crippen molar-refractivity contribution in [2.45, 2.75) is 24.8 Å². The average Bonchev–Trinajstić information content (AvgIpc) is 2.74. The van der Waals surface area contributed by atoms with Gasteiger partial charge >= 0.3 is 5.97 Å². The van der Waals surface area contributed by atoms with Crippen molar-refractivity contribution in [1.82, 2.24) is 0 Å². The van der Waals surface area contributed by atoms with Crippen LogP contribution in [0.2, 0.25) is 0 Å². The van der Waals surface area contributed by atoms with Crippen molar-refractivity contribution in [3.05, 3.63) is 99.5 Å². The first-order chi connectivity index (χ1) is 14.0. The molecule has 1 unspecified atom stereocenters. The predicted octanol–water partition coefficient (Wildman–Crippen LogP) is 6.33. The van der Waals surface area contributed by atoms with Crippen LogP contribution in [0.5, 0.6) is 0 Å². The van der Waals surface area contributed by atoms with Crippen molar-refractivity contribution in [3.8, 4) is 0 Å². The first-order valence-electron chi connectivity index (χ1n) is 9.19. The lowest BCUT2D eigenvalue weighted by molar-refractivity contribution is -0.144. The minimum absolute atomic E-state index is 0.132. The number of ketones is 1. The average molecular weight is 469 g/mol. The molecule has 0 saturated heterocycles.